The SMILES string of the molecule is COc1cc2ccccc2c(F)c1CCOC(N)=O. The average molecular weight is 263 g/mol. The minimum atomic E-state index is -0.875. The Morgan fingerprint density at radius 1 is 1.37 bits per heavy atom. The van der Waals surface area contributed by atoms with Crippen molar-refractivity contribution in [2.45, 2.75) is 6.42 Å². The maximum atomic E-state index is 14.4. The summed E-state index contributed by atoms with van der Waals surface area (Å²) in [6.07, 6.45) is -0.664. The molecule has 2 rings (SSSR count). The van der Waals surface area contributed by atoms with Gasteiger partial charge >= 0.3 is 6.09 Å². The summed E-state index contributed by atoms with van der Waals surface area (Å²) in [6.45, 7) is 0.0148. The second kappa shape index (κ2) is 5.56. The van der Waals surface area contributed by atoms with Crippen molar-refractivity contribution in [2.75, 3.05) is 13.7 Å². The molecule has 0 saturated heterocycles. The summed E-state index contributed by atoms with van der Waals surface area (Å²) < 4.78 is 24.2. The topological polar surface area (TPSA) is 61.6 Å². The molecule has 0 atom stereocenters. The van der Waals surface area contributed by atoms with Crippen molar-refractivity contribution in [2.24, 2.45) is 5.73 Å². The van der Waals surface area contributed by atoms with Gasteiger partial charge in [-0.3, -0.25) is 0 Å². The Bertz CT molecular complexity index is 613. The van der Waals surface area contributed by atoms with Crippen LogP contribution in [0.15, 0.2) is 30.3 Å². The Morgan fingerprint density at radius 2 is 2.11 bits per heavy atom. The molecule has 100 valence electrons. The van der Waals surface area contributed by atoms with E-state index in [1.807, 2.05) is 12.1 Å². The molecule has 0 bridgehead atoms. The highest BCUT2D eigenvalue weighted by atomic mass is 19.1. The molecule has 4 nitrogen and oxygen atoms in total. The fourth-order valence-electron chi connectivity index (χ4n) is 1.99. The van der Waals surface area contributed by atoms with Gasteiger partial charge in [-0.15, -0.1) is 0 Å². The van der Waals surface area contributed by atoms with E-state index in [9.17, 15) is 9.18 Å². The molecule has 0 unspecified atom stereocenters. The number of primary amides is 1. The Balaban J connectivity index is 2.40. The molecule has 0 aliphatic carbocycles. The molecule has 2 N–H and O–H groups in total. The van der Waals surface area contributed by atoms with Crippen LogP contribution in [-0.2, 0) is 11.2 Å². The number of amides is 1. The van der Waals surface area contributed by atoms with E-state index in [-0.39, 0.29) is 18.8 Å². The van der Waals surface area contributed by atoms with Gasteiger partial charge < -0.3 is 15.2 Å². The lowest BCUT2D eigenvalue weighted by Gasteiger charge is -2.12. The summed E-state index contributed by atoms with van der Waals surface area (Å²) in [6, 6.07) is 8.86. The third-order valence-electron chi connectivity index (χ3n) is 2.86. The number of halogens is 1. The molecule has 0 aliphatic rings. The molecule has 0 spiro atoms. The zero-order valence-corrected chi connectivity index (χ0v) is 10.5. The van der Waals surface area contributed by atoms with Crippen molar-refractivity contribution in [3.8, 4) is 5.75 Å². The number of carbonyl (C=O) groups is 1. The van der Waals surface area contributed by atoms with Gasteiger partial charge in [0.2, 0.25) is 0 Å². The van der Waals surface area contributed by atoms with Gasteiger partial charge in [-0.25, -0.2) is 9.18 Å². The molecule has 0 aliphatic heterocycles. The maximum Gasteiger partial charge on any atom is 0.404 e. The molecule has 0 radical (unpaired) electrons. The lowest BCUT2D eigenvalue weighted by molar-refractivity contribution is 0.157. The molecule has 1 amide bonds. The number of fused-ring (bicyclic) bond motifs is 1. The van der Waals surface area contributed by atoms with E-state index >= 15 is 0 Å². The van der Waals surface area contributed by atoms with Crippen molar-refractivity contribution >= 4 is 16.9 Å². The number of ether oxygens (including phenoxy) is 2. The zero-order valence-electron chi connectivity index (χ0n) is 10.5. The van der Waals surface area contributed by atoms with E-state index in [4.69, 9.17) is 10.5 Å². The highest BCUT2D eigenvalue weighted by Gasteiger charge is 2.14. The Labute approximate surface area is 109 Å². The minimum Gasteiger partial charge on any atom is -0.496 e. The molecular weight excluding hydrogens is 249 g/mol. The van der Waals surface area contributed by atoms with Gasteiger partial charge in [0.1, 0.15) is 11.6 Å². The first-order chi connectivity index (χ1) is 9.13. The second-order valence-corrected chi connectivity index (χ2v) is 4.01. The van der Waals surface area contributed by atoms with Crippen LogP contribution in [0.3, 0.4) is 0 Å². The molecule has 0 fully saturated rings. The lowest BCUT2D eigenvalue weighted by atomic mass is 10.0. The van der Waals surface area contributed by atoms with E-state index in [2.05, 4.69) is 4.74 Å². The van der Waals surface area contributed by atoms with Gasteiger partial charge in [0.25, 0.3) is 0 Å². The van der Waals surface area contributed by atoms with Crippen LogP contribution in [0.1, 0.15) is 5.56 Å². The number of rotatable bonds is 4. The van der Waals surface area contributed by atoms with E-state index in [0.717, 1.165) is 5.39 Å². The van der Waals surface area contributed by atoms with Gasteiger partial charge in [-0.2, -0.15) is 0 Å². The highest BCUT2D eigenvalue weighted by molar-refractivity contribution is 5.85. The van der Waals surface area contributed by atoms with E-state index < -0.39 is 6.09 Å². The van der Waals surface area contributed by atoms with Crippen molar-refractivity contribution in [1.29, 1.82) is 0 Å². The normalized spacial score (nSPS) is 10.4. The quantitative estimate of drug-likeness (QED) is 0.922. The highest BCUT2D eigenvalue weighted by Crippen LogP contribution is 2.30. The number of methoxy groups -OCH3 is 1. The number of hydrogen-bond acceptors (Lipinski definition) is 3. The van der Waals surface area contributed by atoms with Crippen LogP contribution in [0.4, 0.5) is 9.18 Å². The molecule has 2 aromatic carbocycles. The summed E-state index contributed by atoms with van der Waals surface area (Å²) in [5.41, 5.74) is 5.25. The smallest absolute Gasteiger partial charge is 0.404 e. The Kier molecular flexibility index (Phi) is 3.85. The number of benzene rings is 2. The summed E-state index contributed by atoms with van der Waals surface area (Å²) >= 11 is 0. The third-order valence-corrected chi connectivity index (χ3v) is 2.86. The molecule has 2 aromatic rings. The molecule has 0 heterocycles. The fourth-order valence-corrected chi connectivity index (χ4v) is 1.99. The van der Waals surface area contributed by atoms with Gasteiger partial charge in [-0.05, 0) is 11.5 Å². The van der Waals surface area contributed by atoms with Crippen molar-refractivity contribution < 1.29 is 18.7 Å². The molecular formula is C14H14FNO3. The summed E-state index contributed by atoms with van der Waals surface area (Å²) in [7, 11) is 1.47. The van der Waals surface area contributed by atoms with E-state index in [1.165, 1.54) is 7.11 Å². The summed E-state index contributed by atoms with van der Waals surface area (Å²) in [4.78, 5) is 10.5. The van der Waals surface area contributed by atoms with Crippen LogP contribution in [0.2, 0.25) is 0 Å². The van der Waals surface area contributed by atoms with Crippen molar-refractivity contribution in [3.05, 3.63) is 41.7 Å². The standard InChI is InChI=1S/C14H14FNO3/c1-18-12-8-9-4-2-3-5-10(9)13(15)11(12)6-7-19-14(16)17/h2-5,8H,6-7H2,1H3,(H2,16,17). The Morgan fingerprint density at radius 3 is 2.79 bits per heavy atom. The first-order valence-electron chi connectivity index (χ1n) is 5.80. The largest absolute Gasteiger partial charge is 0.496 e. The first-order valence-corrected chi connectivity index (χ1v) is 5.80. The van der Waals surface area contributed by atoms with Crippen LogP contribution in [0, 0.1) is 5.82 Å². The summed E-state index contributed by atoms with van der Waals surface area (Å²) in [5.74, 6) is 0.0762. The average Bonchev–Trinajstić information content (AvgIpc) is 2.40. The predicted molar refractivity (Wildman–Crippen MR) is 69.7 cm³/mol. The fraction of sp³-hybridized carbons (Fsp3) is 0.214. The van der Waals surface area contributed by atoms with Crippen LogP contribution < -0.4 is 10.5 Å². The van der Waals surface area contributed by atoms with Crippen LogP contribution >= 0.6 is 0 Å². The van der Waals surface area contributed by atoms with Gasteiger partial charge in [0.05, 0.1) is 13.7 Å². The van der Waals surface area contributed by atoms with Gasteiger partial charge in [0, 0.05) is 17.4 Å². The lowest BCUT2D eigenvalue weighted by Crippen LogP contribution is -2.15. The minimum absolute atomic E-state index is 0.0148. The Hall–Kier alpha value is -2.30. The van der Waals surface area contributed by atoms with Crippen molar-refractivity contribution in [3.63, 3.8) is 0 Å². The predicted octanol–water partition coefficient (Wildman–Crippen LogP) is 2.63. The monoisotopic (exact) mass is 263 g/mol. The maximum absolute atomic E-state index is 14.4. The van der Waals surface area contributed by atoms with Crippen LogP contribution in [0.25, 0.3) is 10.8 Å². The molecule has 5 heteroatoms. The summed E-state index contributed by atoms with van der Waals surface area (Å²) in [5, 5.41) is 1.27. The van der Waals surface area contributed by atoms with Gasteiger partial charge in [-0.1, -0.05) is 24.3 Å². The first kappa shape index (κ1) is 13.1. The third kappa shape index (κ3) is 2.76. The van der Waals surface area contributed by atoms with Crippen LogP contribution in [-0.4, -0.2) is 19.8 Å². The zero-order chi connectivity index (χ0) is 13.8. The number of nitrogens with two attached hydrogens (primary N) is 1. The van der Waals surface area contributed by atoms with Gasteiger partial charge in [0.15, 0.2) is 0 Å². The number of carbonyl (C=O) groups excluding carboxylic acids is 1. The number of hydrogen-bond donors (Lipinski definition) is 1. The molecule has 0 aromatic heterocycles. The van der Waals surface area contributed by atoms with E-state index in [0.29, 0.717) is 16.7 Å². The van der Waals surface area contributed by atoms with Crippen molar-refractivity contribution in [1.82, 2.24) is 0 Å². The second-order valence-electron chi connectivity index (χ2n) is 4.01. The van der Waals surface area contributed by atoms with E-state index in [1.54, 1.807) is 18.2 Å². The molecule has 19 heavy (non-hydrogen) atoms. The molecule has 0 saturated carbocycles. The van der Waals surface area contributed by atoms with Crippen LogP contribution in [0.5, 0.6) is 5.75 Å².